The normalized spacial score (nSPS) is 19.3. The number of urea groups is 1. The fourth-order valence-corrected chi connectivity index (χ4v) is 4.86. The average Bonchev–Trinajstić information content (AvgIpc) is 3.47. The summed E-state index contributed by atoms with van der Waals surface area (Å²) < 4.78 is 7.81. The Bertz CT molecular complexity index is 1250. The third kappa shape index (κ3) is 4.31. The molecular weight excluding hydrogens is 452 g/mol. The van der Waals surface area contributed by atoms with Crippen LogP contribution in [0.4, 0.5) is 4.79 Å². The SMILES string of the molecule is Cc1nnc([C@H]2CCCN2C(=O)N[C@H]2CCOc3cc(C#N)ccc32)n1Cc1ccc(Cl)cc1. The summed E-state index contributed by atoms with van der Waals surface area (Å²) in [6.45, 7) is 3.70. The molecule has 0 aliphatic carbocycles. The molecule has 2 aliphatic rings. The van der Waals surface area contributed by atoms with Crippen molar-refractivity contribution in [3.05, 3.63) is 75.8 Å². The van der Waals surface area contributed by atoms with Crippen LogP contribution in [0.5, 0.6) is 5.75 Å². The minimum absolute atomic E-state index is 0.122. The third-order valence-corrected chi connectivity index (χ3v) is 6.76. The van der Waals surface area contributed by atoms with Crippen molar-refractivity contribution in [2.45, 2.75) is 44.8 Å². The standard InChI is InChI=1S/C25H25ClN6O2/c1-16-29-30-24(32(16)15-17-4-7-19(26)8-5-17)22-3-2-11-31(22)25(33)28-21-10-12-34-23-13-18(14-27)6-9-20(21)23/h4-9,13,21-22H,2-3,10-12,15H2,1H3,(H,28,33)/t21-,22+/m0/s1. The lowest BCUT2D eigenvalue weighted by Gasteiger charge is -2.31. The van der Waals surface area contributed by atoms with Crippen LogP contribution in [0.3, 0.4) is 0 Å². The largest absolute Gasteiger partial charge is 0.493 e. The molecule has 2 aliphatic heterocycles. The lowest BCUT2D eigenvalue weighted by atomic mass is 9.99. The second-order valence-corrected chi connectivity index (χ2v) is 9.11. The van der Waals surface area contributed by atoms with Crippen molar-refractivity contribution < 1.29 is 9.53 Å². The number of nitrogens with zero attached hydrogens (tertiary/aromatic N) is 5. The molecule has 3 heterocycles. The summed E-state index contributed by atoms with van der Waals surface area (Å²) in [6, 6.07) is 14.8. The van der Waals surface area contributed by atoms with E-state index in [0.717, 1.165) is 35.6 Å². The number of hydrogen-bond donors (Lipinski definition) is 1. The Morgan fingerprint density at radius 1 is 1.24 bits per heavy atom. The van der Waals surface area contributed by atoms with Gasteiger partial charge in [-0.15, -0.1) is 10.2 Å². The van der Waals surface area contributed by atoms with Gasteiger partial charge in [0.15, 0.2) is 5.82 Å². The molecule has 0 radical (unpaired) electrons. The lowest BCUT2D eigenvalue weighted by Crippen LogP contribution is -2.43. The third-order valence-electron chi connectivity index (χ3n) is 6.51. The summed E-state index contributed by atoms with van der Waals surface area (Å²) in [5.41, 5.74) is 2.54. The van der Waals surface area contributed by atoms with Crippen LogP contribution < -0.4 is 10.1 Å². The van der Waals surface area contributed by atoms with Gasteiger partial charge in [0.1, 0.15) is 11.6 Å². The second kappa shape index (κ2) is 9.35. The Labute approximate surface area is 203 Å². The number of fused-ring (bicyclic) bond motifs is 1. The number of benzene rings is 2. The minimum atomic E-state index is -0.168. The molecule has 5 rings (SSSR count). The number of rotatable bonds is 4. The molecule has 1 N–H and O–H groups in total. The van der Waals surface area contributed by atoms with Gasteiger partial charge in [0, 0.05) is 23.6 Å². The molecule has 8 nitrogen and oxygen atoms in total. The van der Waals surface area contributed by atoms with Crippen LogP contribution in [-0.4, -0.2) is 38.8 Å². The highest BCUT2D eigenvalue weighted by molar-refractivity contribution is 6.30. The molecule has 0 spiro atoms. The highest BCUT2D eigenvalue weighted by atomic mass is 35.5. The number of hydrogen-bond acceptors (Lipinski definition) is 5. The zero-order valence-corrected chi connectivity index (χ0v) is 19.6. The van der Waals surface area contributed by atoms with E-state index in [-0.39, 0.29) is 18.1 Å². The zero-order valence-electron chi connectivity index (χ0n) is 18.9. The van der Waals surface area contributed by atoms with Crippen molar-refractivity contribution in [3.63, 3.8) is 0 Å². The van der Waals surface area contributed by atoms with Crippen molar-refractivity contribution in [1.29, 1.82) is 5.26 Å². The summed E-state index contributed by atoms with van der Waals surface area (Å²) in [4.78, 5) is 15.3. The molecular formula is C25H25ClN6O2. The molecule has 0 saturated carbocycles. The molecule has 1 aromatic heterocycles. The minimum Gasteiger partial charge on any atom is -0.493 e. The van der Waals surface area contributed by atoms with Crippen molar-refractivity contribution in [2.24, 2.45) is 0 Å². The van der Waals surface area contributed by atoms with Crippen LogP contribution in [0.15, 0.2) is 42.5 Å². The molecule has 174 valence electrons. The highest BCUT2D eigenvalue weighted by Crippen LogP contribution is 2.35. The van der Waals surface area contributed by atoms with Crippen LogP contribution in [0.1, 0.15) is 59.7 Å². The van der Waals surface area contributed by atoms with Crippen LogP contribution in [0.25, 0.3) is 0 Å². The summed E-state index contributed by atoms with van der Waals surface area (Å²) in [5.74, 6) is 2.27. The first-order valence-corrected chi connectivity index (χ1v) is 11.8. The monoisotopic (exact) mass is 476 g/mol. The van der Waals surface area contributed by atoms with Gasteiger partial charge in [-0.25, -0.2) is 4.79 Å². The number of halogens is 1. The van der Waals surface area contributed by atoms with Gasteiger partial charge in [0.2, 0.25) is 0 Å². The molecule has 9 heteroatoms. The van der Waals surface area contributed by atoms with Gasteiger partial charge in [-0.05, 0) is 49.6 Å². The maximum atomic E-state index is 13.4. The molecule has 1 saturated heterocycles. The smallest absolute Gasteiger partial charge is 0.318 e. The number of carbonyl (C=O) groups is 1. The predicted molar refractivity (Wildman–Crippen MR) is 127 cm³/mol. The molecule has 2 amide bonds. The average molecular weight is 477 g/mol. The Balaban J connectivity index is 1.35. The molecule has 0 bridgehead atoms. The van der Waals surface area contributed by atoms with E-state index in [1.165, 1.54) is 0 Å². The van der Waals surface area contributed by atoms with Crippen LogP contribution in [0, 0.1) is 18.3 Å². The summed E-state index contributed by atoms with van der Waals surface area (Å²) in [6.07, 6.45) is 2.41. The van der Waals surface area contributed by atoms with E-state index < -0.39 is 0 Å². The number of aromatic nitrogens is 3. The predicted octanol–water partition coefficient (Wildman–Crippen LogP) is 4.53. The summed E-state index contributed by atoms with van der Waals surface area (Å²) >= 11 is 6.04. The van der Waals surface area contributed by atoms with E-state index in [9.17, 15) is 4.79 Å². The zero-order chi connectivity index (χ0) is 23.7. The quantitative estimate of drug-likeness (QED) is 0.596. The fourth-order valence-electron chi connectivity index (χ4n) is 4.73. The van der Waals surface area contributed by atoms with E-state index in [4.69, 9.17) is 21.6 Å². The Morgan fingerprint density at radius 2 is 2.06 bits per heavy atom. The first kappa shape index (κ1) is 22.2. The van der Waals surface area contributed by atoms with E-state index in [0.29, 0.717) is 42.5 Å². The van der Waals surface area contributed by atoms with E-state index >= 15 is 0 Å². The van der Waals surface area contributed by atoms with Crippen LogP contribution >= 0.6 is 11.6 Å². The van der Waals surface area contributed by atoms with E-state index in [2.05, 4.69) is 26.2 Å². The lowest BCUT2D eigenvalue weighted by molar-refractivity contribution is 0.179. The number of aryl methyl sites for hydroxylation is 1. The van der Waals surface area contributed by atoms with Crippen LogP contribution in [0.2, 0.25) is 5.02 Å². The van der Waals surface area contributed by atoms with Gasteiger partial charge in [0.05, 0.1) is 36.9 Å². The molecule has 34 heavy (non-hydrogen) atoms. The highest BCUT2D eigenvalue weighted by Gasteiger charge is 2.35. The maximum Gasteiger partial charge on any atom is 0.318 e. The number of likely N-dealkylation sites (tertiary alicyclic amines) is 1. The van der Waals surface area contributed by atoms with Crippen molar-refractivity contribution in [2.75, 3.05) is 13.2 Å². The van der Waals surface area contributed by atoms with Gasteiger partial charge in [-0.2, -0.15) is 5.26 Å². The number of carbonyl (C=O) groups excluding carboxylic acids is 1. The van der Waals surface area contributed by atoms with Crippen molar-refractivity contribution in [3.8, 4) is 11.8 Å². The molecule has 0 unspecified atom stereocenters. The Kier molecular flexibility index (Phi) is 6.12. The Hall–Kier alpha value is -3.57. The van der Waals surface area contributed by atoms with Gasteiger partial charge in [0.25, 0.3) is 0 Å². The maximum absolute atomic E-state index is 13.4. The van der Waals surface area contributed by atoms with E-state index in [1.54, 1.807) is 12.1 Å². The number of nitriles is 1. The number of ether oxygens (including phenoxy) is 1. The summed E-state index contributed by atoms with van der Waals surface area (Å²) in [7, 11) is 0. The molecule has 2 aromatic carbocycles. The summed E-state index contributed by atoms with van der Waals surface area (Å²) in [5, 5.41) is 21.8. The van der Waals surface area contributed by atoms with Gasteiger partial charge in [-0.1, -0.05) is 29.8 Å². The van der Waals surface area contributed by atoms with Gasteiger partial charge >= 0.3 is 6.03 Å². The first-order valence-electron chi connectivity index (χ1n) is 11.4. The fraction of sp³-hybridized carbons (Fsp3) is 0.360. The van der Waals surface area contributed by atoms with Gasteiger partial charge in [-0.3, -0.25) is 0 Å². The number of nitrogens with one attached hydrogen (secondary N) is 1. The topological polar surface area (TPSA) is 96.1 Å². The van der Waals surface area contributed by atoms with Crippen molar-refractivity contribution in [1.82, 2.24) is 25.0 Å². The number of amides is 2. The molecule has 2 atom stereocenters. The molecule has 3 aromatic rings. The van der Waals surface area contributed by atoms with Crippen LogP contribution in [-0.2, 0) is 6.54 Å². The van der Waals surface area contributed by atoms with E-state index in [1.807, 2.05) is 42.2 Å². The van der Waals surface area contributed by atoms with Gasteiger partial charge < -0.3 is 19.5 Å². The molecule has 1 fully saturated rings. The Morgan fingerprint density at radius 3 is 2.85 bits per heavy atom. The second-order valence-electron chi connectivity index (χ2n) is 8.67. The first-order chi connectivity index (χ1) is 16.5. The van der Waals surface area contributed by atoms with Crippen molar-refractivity contribution >= 4 is 17.6 Å².